The van der Waals surface area contributed by atoms with Crippen LogP contribution in [0.5, 0.6) is 0 Å². The highest BCUT2D eigenvalue weighted by Crippen LogP contribution is 2.21. The monoisotopic (exact) mass is 212 g/mol. The Morgan fingerprint density at radius 2 is 1.73 bits per heavy atom. The van der Waals surface area contributed by atoms with E-state index < -0.39 is 11.6 Å². The second-order valence-electron chi connectivity index (χ2n) is 5.04. The third-order valence-electron chi connectivity index (χ3n) is 3.24. The van der Waals surface area contributed by atoms with Crippen LogP contribution in [0, 0.1) is 11.8 Å². The minimum atomic E-state index is -0.775. The van der Waals surface area contributed by atoms with Gasteiger partial charge in [-0.1, -0.05) is 27.7 Å². The fourth-order valence-corrected chi connectivity index (χ4v) is 1.62. The molecule has 15 heavy (non-hydrogen) atoms. The molecule has 0 spiro atoms. The summed E-state index contributed by atoms with van der Waals surface area (Å²) in [4.78, 5) is 23.7. The van der Waals surface area contributed by atoms with Crippen LogP contribution in [-0.4, -0.2) is 23.4 Å². The minimum absolute atomic E-state index is 0.0783. The van der Waals surface area contributed by atoms with Crippen molar-refractivity contribution in [2.45, 2.75) is 46.2 Å². The molecule has 1 aliphatic rings. The average molecular weight is 212 g/mol. The van der Waals surface area contributed by atoms with Crippen molar-refractivity contribution >= 4 is 11.8 Å². The number of hydrogen-bond donors (Lipinski definition) is 2. The molecule has 1 heterocycles. The number of carbonyl (C=O) groups is 2. The maximum atomic E-state index is 11.9. The van der Waals surface area contributed by atoms with Crippen LogP contribution < -0.4 is 10.6 Å². The molecular formula is C11H20N2O2. The van der Waals surface area contributed by atoms with E-state index >= 15 is 0 Å². The summed E-state index contributed by atoms with van der Waals surface area (Å²) in [6.45, 7) is 9.46. The molecule has 0 unspecified atom stereocenters. The molecular weight excluding hydrogens is 192 g/mol. The highest BCUT2D eigenvalue weighted by Gasteiger charge is 2.45. The molecule has 1 aliphatic heterocycles. The molecule has 0 radical (unpaired) electrons. The number of carbonyl (C=O) groups excluding carboxylic acids is 2. The molecule has 1 saturated heterocycles. The first-order chi connectivity index (χ1) is 6.79. The van der Waals surface area contributed by atoms with Crippen LogP contribution in [0.3, 0.4) is 0 Å². The molecule has 0 aromatic carbocycles. The molecule has 1 fully saturated rings. The lowest BCUT2D eigenvalue weighted by atomic mass is 9.83. The van der Waals surface area contributed by atoms with Crippen LogP contribution in [-0.2, 0) is 9.59 Å². The molecule has 86 valence electrons. The first kappa shape index (κ1) is 12.0. The molecule has 2 N–H and O–H groups in total. The summed E-state index contributed by atoms with van der Waals surface area (Å²) in [5, 5.41) is 5.61. The summed E-state index contributed by atoms with van der Waals surface area (Å²) in [7, 11) is 0. The van der Waals surface area contributed by atoms with Crippen molar-refractivity contribution in [3.63, 3.8) is 0 Å². The lowest BCUT2D eigenvalue weighted by molar-refractivity contribution is -0.143. The SMILES string of the molecule is CC(C)[C@@H]1NC(=O)[C@](C)(C(C)C)NC1=O. The van der Waals surface area contributed by atoms with Crippen molar-refractivity contribution < 1.29 is 9.59 Å². The summed E-state index contributed by atoms with van der Waals surface area (Å²) in [5.74, 6) is 0.0248. The summed E-state index contributed by atoms with van der Waals surface area (Å²) in [6, 6.07) is -0.399. The second kappa shape index (κ2) is 3.83. The lowest BCUT2D eigenvalue weighted by Crippen LogP contribution is -2.71. The Morgan fingerprint density at radius 1 is 1.20 bits per heavy atom. The summed E-state index contributed by atoms with van der Waals surface area (Å²) in [6.07, 6.45) is 0. The zero-order valence-electron chi connectivity index (χ0n) is 10.0. The lowest BCUT2D eigenvalue weighted by Gasteiger charge is -2.41. The first-order valence-electron chi connectivity index (χ1n) is 5.42. The van der Waals surface area contributed by atoms with E-state index in [-0.39, 0.29) is 23.7 Å². The topological polar surface area (TPSA) is 58.2 Å². The van der Waals surface area contributed by atoms with Gasteiger partial charge in [0.05, 0.1) is 0 Å². The van der Waals surface area contributed by atoms with Crippen molar-refractivity contribution in [2.24, 2.45) is 11.8 Å². The smallest absolute Gasteiger partial charge is 0.246 e. The van der Waals surface area contributed by atoms with Crippen LogP contribution >= 0.6 is 0 Å². The van der Waals surface area contributed by atoms with E-state index in [1.54, 1.807) is 6.92 Å². The van der Waals surface area contributed by atoms with Gasteiger partial charge >= 0.3 is 0 Å². The minimum Gasteiger partial charge on any atom is -0.342 e. The number of nitrogens with one attached hydrogen (secondary N) is 2. The molecule has 1 rings (SSSR count). The van der Waals surface area contributed by atoms with E-state index in [1.165, 1.54) is 0 Å². The van der Waals surface area contributed by atoms with Crippen molar-refractivity contribution in [1.82, 2.24) is 10.6 Å². The Hall–Kier alpha value is -1.06. The van der Waals surface area contributed by atoms with Gasteiger partial charge < -0.3 is 10.6 Å². The van der Waals surface area contributed by atoms with Gasteiger partial charge in [-0.3, -0.25) is 9.59 Å². The van der Waals surface area contributed by atoms with Crippen LogP contribution in [0.25, 0.3) is 0 Å². The fraction of sp³-hybridized carbons (Fsp3) is 0.818. The van der Waals surface area contributed by atoms with Crippen LogP contribution in [0.15, 0.2) is 0 Å². The summed E-state index contributed by atoms with van der Waals surface area (Å²) in [5.41, 5.74) is -0.775. The molecule has 0 aromatic rings. The van der Waals surface area contributed by atoms with Crippen LogP contribution in [0.2, 0.25) is 0 Å². The van der Waals surface area contributed by atoms with Gasteiger partial charge in [-0.2, -0.15) is 0 Å². The molecule has 0 bridgehead atoms. The van der Waals surface area contributed by atoms with Gasteiger partial charge in [0, 0.05) is 0 Å². The van der Waals surface area contributed by atoms with Crippen molar-refractivity contribution in [3.8, 4) is 0 Å². The third kappa shape index (κ3) is 1.98. The summed E-state index contributed by atoms with van der Waals surface area (Å²) >= 11 is 0. The summed E-state index contributed by atoms with van der Waals surface area (Å²) < 4.78 is 0. The maximum Gasteiger partial charge on any atom is 0.246 e. The van der Waals surface area contributed by atoms with Gasteiger partial charge in [-0.15, -0.1) is 0 Å². The van der Waals surface area contributed by atoms with E-state index in [0.29, 0.717) is 0 Å². The standard InChI is InChI=1S/C11H20N2O2/c1-6(2)8-9(14)13-11(5,7(3)4)10(15)12-8/h6-8H,1-5H3,(H,12,15)(H,13,14)/t8-,11-/m0/s1. The number of rotatable bonds is 2. The van der Waals surface area contributed by atoms with Gasteiger partial charge in [0.2, 0.25) is 11.8 Å². The van der Waals surface area contributed by atoms with E-state index in [0.717, 1.165) is 0 Å². The van der Waals surface area contributed by atoms with E-state index in [2.05, 4.69) is 10.6 Å². The Balaban J connectivity index is 2.89. The van der Waals surface area contributed by atoms with Gasteiger partial charge in [-0.25, -0.2) is 0 Å². The predicted octanol–water partition coefficient (Wildman–Crippen LogP) is 0.672. The molecule has 0 aliphatic carbocycles. The molecule has 4 nitrogen and oxygen atoms in total. The number of piperazine rings is 1. The zero-order valence-corrected chi connectivity index (χ0v) is 10.0. The quantitative estimate of drug-likeness (QED) is 0.707. The largest absolute Gasteiger partial charge is 0.342 e. The van der Waals surface area contributed by atoms with Crippen molar-refractivity contribution in [2.75, 3.05) is 0 Å². The first-order valence-corrected chi connectivity index (χ1v) is 5.42. The number of hydrogen-bond acceptors (Lipinski definition) is 2. The Morgan fingerprint density at radius 3 is 2.13 bits per heavy atom. The van der Waals surface area contributed by atoms with Crippen LogP contribution in [0.4, 0.5) is 0 Å². The Labute approximate surface area is 90.8 Å². The van der Waals surface area contributed by atoms with E-state index in [9.17, 15) is 9.59 Å². The maximum absolute atomic E-state index is 11.9. The van der Waals surface area contributed by atoms with Gasteiger partial charge in [0.25, 0.3) is 0 Å². The fourth-order valence-electron chi connectivity index (χ4n) is 1.62. The zero-order chi connectivity index (χ0) is 11.8. The highest BCUT2D eigenvalue weighted by molar-refractivity contribution is 5.99. The normalized spacial score (nSPS) is 31.8. The van der Waals surface area contributed by atoms with Gasteiger partial charge in [0.1, 0.15) is 11.6 Å². The molecule has 2 amide bonds. The van der Waals surface area contributed by atoms with Gasteiger partial charge in [0.15, 0.2) is 0 Å². The molecule has 0 saturated carbocycles. The van der Waals surface area contributed by atoms with Gasteiger partial charge in [-0.05, 0) is 18.8 Å². The van der Waals surface area contributed by atoms with E-state index in [1.807, 2.05) is 27.7 Å². The molecule has 2 atom stereocenters. The highest BCUT2D eigenvalue weighted by atomic mass is 16.2. The Kier molecular flexibility index (Phi) is 3.07. The van der Waals surface area contributed by atoms with Crippen molar-refractivity contribution in [1.29, 1.82) is 0 Å². The van der Waals surface area contributed by atoms with Crippen LogP contribution in [0.1, 0.15) is 34.6 Å². The average Bonchev–Trinajstić information content (AvgIpc) is 2.10. The molecule has 4 heteroatoms. The van der Waals surface area contributed by atoms with E-state index in [4.69, 9.17) is 0 Å². The predicted molar refractivity (Wildman–Crippen MR) is 58.2 cm³/mol. The molecule has 0 aromatic heterocycles. The Bertz CT molecular complexity index is 286. The third-order valence-corrected chi connectivity index (χ3v) is 3.24. The second-order valence-corrected chi connectivity index (χ2v) is 5.04. The number of amides is 2. The van der Waals surface area contributed by atoms with Crippen molar-refractivity contribution in [3.05, 3.63) is 0 Å².